The average Bonchev–Trinajstić information content (AvgIpc) is 2.47. The molecule has 0 aliphatic rings. The first-order valence-corrected chi connectivity index (χ1v) is 5.88. The molecule has 0 fully saturated rings. The summed E-state index contributed by atoms with van der Waals surface area (Å²) in [6.07, 6.45) is -0.658. The van der Waals surface area contributed by atoms with Gasteiger partial charge in [0.2, 0.25) is 0 Å². The molecular weight excluding hydrogens is 283 g/mol. The highest BCUT2D eigenvalue weighted by Gasteiger charge is 2.32. The van der Waals surface area contributed by atoms with E-state index in [1.807, 2.05) is 0 Å². The van der Waals surface area contributed by atoms with Crippen LogP contribution in [0.25, 0.3) is 0 Å². The lowest BCUT2D eigenvalue weighted by molar-refractivity contribution is -0.137. The molecule has 1 N–H and O–H groups in total. The SMILES string of the molecule is O=C(N/N=C/c1ccccc1C(F)(F)F)c1ccncc1. The summed E-state index contributed by atoms with van der Waals surface area (Å²) in [5, 5.41) is 3.55. The van der Waals surface area contributed by atoms with Crippen LogP contribution in [0.2, 0.25) is 0 Å². The minimum Gasteiger partial charge on any atom is -0.267 e. The molecule has 4 nitrogen and oxygen atoms in total. The van der Waals surface area contributed by atoms with Crippen molar-refractivity contribution in [1.29, 1.82) is 0 Å². The fourth-order valence-corrected chi connectivity index (χ4v) is 1.60. The Bertz CT molecular complexity index is 654. The van der Waals surface area contributed by atoms with Gasteiger partial charge in [0.05, 0.1) is 11.8 Å². The first-order chi connectivity index (χ1) is 9.98. The van der Waals surface area contributed by atoms with Gasteiger partial charge >= 0.3 is 6.18 Å². The molecule has 0 aliphatic carbocycles. The van der Waals surface area contributed by atoms with Crippen LogP contribution in [0.1, 0.15) is 21.5 Å². The first-order valence-electron chi connectivity index (χ1n) is 5.88. The van der Waals surface area contributed by atoms with E-state index in [1.54, 1.807) is 0 Å². The second-order valence-corrected chi connectivity index (χ2v) is 4.02. The number of rotatable bonds is 3. The van der Waals surface area contributed by atoms with Crippen molar-refractivity contribution in [2.45, 2.75) is 6.18 Å². The van der Waals surface area contributed by atoms with Gasteiger partial charge in [-0.3, -0.25) is 9.78 Å². The van der Waals surface area contributed by atoms with Crippen molar-refractivity contribution in [1.82, 2.24) is 10.4 Å². The van der Waals surface area contributed by atoms with Gasteiger partial charge in [-0.25, -0.2) is 5.43 Å². The van der Waals surface area contributed by atoms with Crippen LogP contribution < -0.4 is 5.43 Å². The molecule has 2 aromatic rings. The summed E-state index contributed by atoms with van der Waals surface area (Å²) >= 11 is 0. The number of pyridine rings is 1. The van der Waals surface area contributed by atoms with Gasteiger partial charge in [-0.05, 0) is 18.2 Å². The monoisotopic (exact) mass is 293 g/mol. The molecule has 0 aliphatic heterocycles. The predicted molar refractivity (Wildman–Crippen MR) is 70.7 cm³/mol. The van der Waals surface area contributed by atoms with E-state index >= 15 is 0 Å². The van der Waals surface area contributed by atoms with E-state index in [-0.39, 0.29) is 5.56 Å². The minimum absolute atomic E-state index is 0.125. The van der Waals surface area contributed by atoms with E-state index in [9.17, 15) is 18.0 Å². The Morgan fingerprint density at radius 1 is 1.14 bits per heavy atom. The first kappa shape index (κ1) is 14.7. The van der Waals surface area contributed by atoms with E-state index in [2.05, 4.69) is 15.5 Å². The zero-order valence-electron chi connectivity index (χ0n) is 10.6. The molecule has 0 unspecified atom stereocenters. The van der Waals surface area contributed by atoms with Crippen LogP contribution in [0.15, 0.2) is 53.9 Å². The molecule has 0 saturated carbocycles. The molecule has 21 heavy (non-hydrogen) atoms. The number of carbonyl (C=O) groups is 1. The molecule has 1 amide bonds. The van der Waals surface area contributed by atoms with Crippen molar-refractivity contribution in [2.24, 2.45) is 5.10 Å². The lowest BCUT2D eigenvalue weighted by Gasteiger charge is -2.09. The summed E-state index contributed by atoms with van der Waals surface area (Å²) in [6.45, 7) is 0. The summed E-state index contributed by atoms with van der Waals surface area (Å²) in [5.41, 5.74) is 1.53. The Morgan fingerprint density at radius 2 is 1.81 bits per heavy atom. The summed E-state index contributed by atoms with van der Waals surface area (Å²) in [4.78, 5) is 15.4. The number of hydrazone groups is 1. The van der Waals surface area contributed by atoms with Crippen molar-refractivity contribution in [3.8, 4) is 0 Å². The van der Waals surface area contributed by atoms with Crippen molar-refractivity contribution in [3.05, 3.63) is 65.5 Å². The standard InChI is InChI=1S/C14H10F3N3O/c15-14(16,17)12-4-2-1-3-11(12)9-19-20-13(21)10-5-7-18-8-6-10/h1-9H,(H,20,21)/b19-9+. The van der Waals surface area contributed by atoms with Gasteiger partial charge in [-0.15, -0.1) is 0 Å². The highest BCUT2D eigenvalue weighted by molar-refractivity contribution is 5.94. The van der Waals surface area contributed by atoms with Crippen LogP contribution in [0.3, 0.4) is 0 Å². The maximum absolute atomic E-state index is 12.7. The van der Waals surface area contributed by atoms with Gasteiger partial charge in [-0.1, -0.05) is 18.2 Å². The van der Waals surface area contributed by atoms with Gasteiger partial charge in [0, 0.05) is 23.5 Å². The van der Waals surface area contributed by atoms with Crippen LogP contribution in [-0.2, 0) is 6.18 Å². The van der Waals surface area contributed by atoms with Crippen LogP contribution in [0.4, 0.5) is 13.2 Å². The molecule has 1 aromatic heterocycles. The number of hydrogen-bond donors (Lipinski definition) is 1. The highest BCUT2D eigenvalue weighted by Crippen LogP contribution is 2.30. The van der Waals surface area contributed by atoms with E-state index in [1.165, 1.54) is 42.7 Å². The number of benzene rings is 1. The van der Waals surface area contributed by atoms with E-state index in [0.29, 0.717) is 5.56 Å². The molecule has 0 bridgehead atoms. The van der Waals surface area contributed by atoms with Gasteiger partial charge in [-0.2, -0.15) is 18.3 Å². The highest BCUT2D eigenvalue weighted by atomic mass is 19.4. The summed E-state index contributed by atoms with van der Waals surface area (Å²) in [7, 11) is 0. The van der Waals surface area contributed by atoms with E-state index in [4.69, 9.17) is 0 Å². The largest absolute Gasteiger partial charge is 0.417 e. The Morgan fingerprint density at radius 3 is 2.48 bits per heavy atom. The predicted octanol–water partition coefficient (Wildman–Crippen LogP) is 2.86. The number of hydrogen-bond acceptors (Lipinski definition) is 3. The summed E-state index contributed by atoms with van der Waals surface area (Å²) in [6, 6.07) is 7.90. The zero-order chi connectivity index (χ0) is 15.3. The van der Waals surface area contributed by atoms with Gasteiger partial charge in [0.1, 0.15) is 0 Å². The maximum Gasteiger partial charge on any atom is 0.417 e. The molecule has 1 aromatic carbocycles. The molecule has 1 heterocycles. The Labute approximate surface area is 118 Å². The Kier molecular flexibility index (Phi) is 4.32. The van der Waals surface area contributed by atoms with Crippen molar-refractivity contribution in [3.63, 3.8) is 0 Å². The lowest BCUT2D eigenvalue weighted by atomic mass is 10.1. The third-order valence-corrected chi connectivity index (χ3v) is 2.58. The molecule has 108 valence electrons. The van der Waals surface area contributed by atoms with Crippen LogP contribution in [0, 0.1) is 0 Å². The van der Waals surface area contributed by atoms with E-state index < -0.39 is 17.6 Å². The molecular formula is C14H10F3N3O. The third kappa shape index (κ3) is 3.88. The second-order valence-electron chi connectivity index (χ2n) is 4.02. The third-order valence-electron chi connectivity index (χ3n) is 2.58. The minimum atomic E-state index is -4.47. The van der Waals surface area contributed by atoms with Crippen molar-refractivity contribution < 1.29 is 18.0 Å². The zero-order valence-corrected chi connectivity index (χ0v) is 10.6. The van der Waals surface area contributed by atoms with Gasteiger partial charge < -0.3 is 0 Å². The van der Waals surface area contributed by atoms with Crippen molar-refractivity contribution >= 4 is 12.1 Å². The Balaban J connectivity index is 2.11. The molecule has 7 heteroatoms. The molecule has 2 rings (SSSR count). The number of nitrogens with zero attached hydrogens (tertiary/aromatic N) is 2. The molecule has 0 radical (unpaired) electrons. The topological polar surface area (TPSA) is 54.4 Å². The van der Waals surface area contributed by atoms with Gasteiger partial charge in [0.25, 0.3) is 5.91 Å². The summed E-state index contributed by atoms with van der Waals surface area (Å²) in [5.74, 6) is -0.530. The van der Waals surface area contributed by atoms with Crippen LogP contribution in [0.5, 0.6) is 0 Å². The number of aromatic nitrogens is 1. The number of halogens is 3. The van der Waals surface area contributed by atoms with E-state index in [0.717, 1.165) is 12.3 Å². The average molecular weight is 293 g/mol. The molecule has 0 atom stereocenters. The number of alkyl halides is 3. The quantitative estimate of drug-likeness (QED) is 0.699. The smallest absolute Gasteiger partial charge is 0.267 e. The normalized spacial score (nSPS) is 11.6. The summed E-state index contributed by atoms with van der Waals surface area (Å²) < 4.78 is 38.2. The fraction of sp³-hybridized carbons (Fsp3) is 0.0714. The second kappa shape index (κ2) is 6.17. The molecule has 0 saturated heterocycles. The molecule has 0 spiro atoms. The number of amides is 1. The van der Waals surface area contributed by atoms with Crippen LogP contribution >= 0.6 is 0 Å². The number of nitrogens with one attached hydrogen (secondary N) is 1. The fourth-order valence-electron chi connectivity index (χ4n) is 1.60. The number of carbonyl (C=O) groups excluding carboxylic acids is 1. The maximum atomic E-state index is 12.7. The lowest BCUT2D eigenvalue weighted by Crippen LogP contribution is -2.18. The Hall–Kier alpha value is -2.70. The van der Waals surface area contributed by atoms with Crippen LogP contribution in [-0.4, -0.2) is 17.1 Å². The van der Waals surface area contributed by atoms with Gasteiger partial charge in [0.15, 0.2) is 0 Å². The van der Waals surface area contributed by atoms with Crippen molar-refractivity contribution in [2.75, 3.05) is 0 Å².